The molecule has 2 fully saturated rings. The number of amides is 3. The molecule has 0 radical (unpaired) electrons. The molecule has 3 amide bonds. The van der Waals surface area contributed by atoms with E-state index in [0.717, 1.165) is 25.8 Å². The van der Waals surface area contributed by atoms with Gasteiger partial charge in [0.1, 0.15) is 5.76 Å². The SMILES string of the molecule is CC(=O)c1ccc(C(=O)N2CCC3(CCN(C(=O)CCCC(=O)Nc4cc(C)on4)C3)CC2)cc1. The monoisotopic (exact) mass is 480 g/mol. The molecule has 0 saturated carbocycles. The van der Waals surface area contributed by atoms with Crippen LogP contribution in [0.5, 0.6) is 0 Å². The second-order valence-electron chi connectivity index (χ2n) is 9.72. The topological polar surface area (TPSA) is 113 Å². The predicted octanol–water partition coefficient (Wildman–Crippen LogP) is 3.45. The number of ketones is 1. The lowest BCUT2D eigenvalue weighted by atomic mass is 9.77. The van der Waals surface area contributed by atoms with E-state index < -0.39 is 0 Å². The van der Waals surface area contributed by atoms with Crippen molar-refractivity contribution in [3.05, 3.63) is 47.2 Å². The molecule has 0 atom stereocenters. The fraction of sp³-hybridized carbons (Fsp3) is 0.500. The Labute approximate surface area is 204 Å². The van der Waals surface area contributed by atoms with Gasteiger partial charge >= 0.3 is 0 Å². The van der Waals surface area contributed by atoms with Crippen molar-refractivity contribution in [1.29, 1.82) is 0 Å². The van der Waals surface area contributed by atoms with E-state index in [1.165, 1.54) is 6.92 Å². The maximum Gasteiger partial charge on any atom is 0.253 e. The third kappa shape index (κ3) is 5.96. The average Bonchev–Trinajstić information content (AvgIpc) is 3.45. The van der Waals surface area contributed by atoms with Crippen molar-refractivity contribution in [3.8, 4) is 0 Å². The summed E-state index contributed by atoms with van der Waals surface area (Å²) in [4.78, 5) is 52.9. The standard InChI is InChI=1S/C26H32N4O5/c1-18-16-22(28-35-18)27-23(32)4-3-5-24(33)30-15-12-26(17-30)10-13-29(14-11-26)25(34)21-8-6-20(7-9-21)19(2)31/h6-9,16H,3-5,10-15,17H2,1-2H3,(H,27,28,32). The smallest absolute Gasteiger partial charge is 0.253 e. The third-order valence-corrected chi connectivity index (χ3v) is 7.13. The van der Waals surface area contributed by atoms with Crippen molar-refractivity contribution in [2.24, 2.45) is 5.41 Å². The molecular formula is C26H32N4O5. The van der Waals surface area contributed by atoms with E-state index in [9.17, 15) is 19.2 Å². The van der Waals surface area contributed by atoms with Gasteiger partial charge in [-0.25, -0.2) is 0 Å². The number of hydrogen-bond donors (Lipinski definition) is 1. The summed E-state index contributed by atoms with van der Waals surface area (Å²) in [6.45, 7) is 6.03. The highest BCUT2D eigenvalue weighted by molar-refractivity contribution is 5.97. The highest BCUT2D eigenvalue weighted by atomic mass is 16.5. The number of nitrogens with zero attached hydrogens (tertiary/aromatic N) is 3. The first-order chi connectivity index (χ1) is 16.7. The van der Waals surface area contributed by atoms with Crippen LogP contribution in [0.25, 0.3) is 0 Å². The van der Waals surface area contributed by atoms with E-state index in [4.69, 9.17) is 4.52 Å². The van der Waals surface area contributed by atoms with Gasteiger partial charge in [0.15, 0.2) is 11.6 Å². The molecule has 1 spiro atoms. The Morgan fingerprint density at radius 1 is 0.971 bits per heavy atom. The van der Waals surface area contributed by atoms with E-state index in [1.807, 2.05) is 9.80 Å². The predicted molar refractivity (Wildman–Crippen MR) is 129 cm³/mol. The van der Waals surface area contributed by atoms with Crippen molar-refractivity contribution in [3.63, 3.8) is 0 Å². The number of carbonyl (C=O) groups is 4. The number of Topliss-reactive ketones (excluding diaryl/α,β-unsaturated/α-hetero) is 1. The number of nitrogens with one attached hydrogen (secondary N) is 1. The van der Waals surface area contributed by atoms with Gasteiger partial charge in [0.25, 0.3) is 5.91 Å². The zero-order valence-electron chi connectivity index (χ0n) is 20.3. The Morgan fingerprint density at radius 2 is 1.60 bits per heavy atom. The fourth-order valence-electron chi connectivity index (χ4n) is 4.96. The number of rotatable bonds is 7. The van der Waals surface area contributed by atoms with E-state index in [2.05, 4.69) is 10.5 Å². The first kappa shape index (κ1) is 24.6. The number of aromatic nitrogens is 1. The van der Waals surface area contributed by atoms with Gasteiger partial charge < -0.3 is 19.6 Å². The van der Waals surface area contributed by atoms with Crippen LogP contribution in [0.3, 0.4) is 0 Å². The molecule has 0 bridgehead atoms. The summed E-state index contributed by atoms with van der Waals surface area (Å²) < 4.78 is 4.93. The minimum Gasteiger partial charge on any atom is -0.360 e. The summed E-state index contributed by atoms with van der Waals surface area (Å²) in [5, 5.41) is 6.40. The van der Waals surface area contributed by atoms with Crippen molar-refractivity contribution < 1.29 is 23.7 Å². The van der Waals surface area contributed by atoms with Crippen molar-refractivity contribution in [2.75, 3.05) is 31.5 Å². The molecule has 2 saturated heterocycles. The Kier molecular flexibility index (Phi) is 7.33. The summed E-state index contributed by atoms with van der Waals surface area (Å²) in [5.74, 6) is 0.872. The van der Waals surface area contributed by atoms with Gasteiger partial charge in [0, 0.05) is 56.2 Å². The maximum atomic E-state index is 12.9. The van der Waals surface area contributed by atoms with E-state index in [0.29, 0.717) is 55.2 Å². The molecule has 2 aromatic rings. The number of piperidine rings is 1. The maximum absolute atomic E-state index is 12.9. The van der Waals surface area contributed by atoms with Crippen LogP contribution in [0.4, 0.5) is 5.82 Å². The number of benzene rings is 1. The highest BCUT2D eigenvalue weighted by Crippen LogP contribution is 2.40. The zero-order valence-corrected chi connectivity index (χ0v) is 20.3. The van der Waals surface area contributed by atoms with Gasteiger partial charge in [-0.05, 0) is 57.1 Å². The van der Waals surface area contributed by atoms with Crippen molar-refractivity contribution in [1.82, 2.24) is 15.0 Å². The van der Waals surface area contributed by atoms with Gasteiger partial charge in [-0.2, -0.15) is 0 Å². The summed E-state index contributed by atoms with van der Waals surface area (Å²) in [6, 6.07) is 8.47. The van der Waals surface area contributed by atoms with Crippen LogP contribution in [0.1, 0.15) is 71.9 Å². The molecule has 1 aromatic heterocycles. The minimum absolute atomic E-state index is 0.0139. The van der Waals surface area contributed by atoms with Crippen LogP contribution in [-0.2, 0) is 9.59 Å². The summed E-state index contributed by atoms with van der Waals surface area (Å²) in [6.07, 6.45) is 3.75. The zero-order chi connectivity index (χ0) is 25.0. The fourth-order valence-corrected chi connectivity index (χ4v) is 4.96. The highest BCUT2D eigenvalue weighted by Gasteiger charge is 2.42. The minimum atomic E-state index is -0.183. The largest absolute Gasteiger partial charge is 0.360 e. The van der Waals surface area contributed by atoms with Crippen LogP contribution in [0.2, 0.25) is 0 Å². The van der Waals surface area contributed by atoms with Crippen LogP contribution in [0.15, 0.2) is 34.9 Å². The van der Waals surface area contributed by atoms with Gasteiger partial charge in [0.05, 0.1) is 0 Å². The van der Waals surface area contributed by atoms with Crippen LogP contribution < -0.4 is 5.32 Å². The first-order valence-corrected chi connectivity index (χ1v) is 12.2. The number of carbonyl (C=O) groups excluding carboxylic acids is 4. The van der Waals surface area contributed by atoms with E-state index in [1.54, 1.807) is 37.3 Å². The summed E-state index contributed by atoms with van der Waals surface area (Å²) >= 11 is 0. The lowest BCUT2D eigenvalue weighted by Gasteiger charge is -2.39. The summed E-state index contributed by atoms with van der Waals surface area (Å²) in [5.41, 5.74) is 1.25. The molecular weight excluding hydrogens is 448 g/mol. The molecule has 0 unspecified atom stereocenters. The average molecular weight is 481 g/mol. The first-order valence-electron chi connectivity index (χ1n) is 12.2. The number of aryl methyl sites for hydroxylation is 1. The second-order valence-corrected chi connectivity index (χ2v) is 9.72. The Hall–Kier alpha value is -3.49. The van der Waals surface area contributed by atoms with Crippen LogP contribution in [0, 0.1) is 12.3 Å². The molecule has 35 heavy (non-hydrogen) atoms. The Bertz CT molecular complexity index is 1100. The van der Waals surface area contributed by atoms with E-state index in [-0.39, 0.29) is 35.3 Å². The number of likely N-dealkylation sites (tertiary alicyclic amines) is 2. The second kappa shape index (κ2) is 10.4. The Morgan fingerprint density at radius 3 is 2.20 bits per heavy atom. The van der Waals surface area contributed by atoms with Gasteiger partial charge in [-0.1, -0.05) is 17.3 Å². The lowest BCUT2D eigenvalue weighted by Crippen LogP contribution is -2.44. The number of anilines is 1. The molecule has 2 aliphatic rings. The van der Waals surface area contributed by atoms with Crippen LogP contribution >= 0.6 is 0 Å². The van der Waals surface area contributed by atoms with Gasteiger partial charge in [-0.3, -0.25) is 19.2 Å². The van der Waals surface area contributed by atoms with Crippen LogP contribution in [-0.4, -0.2) is 64.6 Å². The van der Waals surface area contributed by atoms with E-state index >= 15 is 0 Å². The number of hydrogen-bond acceptors (Lipinski definition) is 6. The van der Waals surface area contributed by atoms with Crippen molar-refractivity contribution >= 4 is 29.3 Å². The molecule has 0 aliphatic carbocycles. The molecule has 186 valence electrons. The molecule has 3 heterocycles. The summed E-state index contributed by atoms with van der Waals surface area (Å²) in [7, 11) is 0. The molecule has 9 heteroatoms. The molecule has 4 rings (SSSR count). The third-order valence-electron chi connectivity index (χ3n) is 7.13. The Balaban J connectivity index is 1.20. The molecule has 2 aliphatic heterocycles. The van der Waals surface area contributed by atoms with Crippen molar-refractivity contribution in [2.45, 2.75) is 52.4 Å². The lowest BCUT2D eigenvalue weighted by molar-refractivity contribution is -0.130. The molecule has 9 nitrogen and oxygen atoms in total. The normalized spacial score (nSPS) is 17.0. The molecule has 1 aromatic carbocycles. The molecule has 1 N–H and O–H groups in total. The quantitative estimate of drug-likeness (QED) is 0.608. The van der Waals surface area contributed by atoms with Gasteiger partial charge in [-0.15, -0.1) is 0 Å². The van der Waals surface area contributed by atoms with Gasteiger partial charge in [0.2, 0.25) is 11.8 Å².